The van der Waals surface area contributed by atoms with Crippen molar-refractivity contribution in [3.63, 3.8) is 0 Å². The molecule has 0 amide bonds. The Balaban J connectivity index is 0.000000539. The Kier molecular flexibility index (Phi) is 16.4. The van der Waals surface area contributed by atoms with E-state index in [1.54, 1.807) is 0 Å². The quantitative estimate of drug-likeness (QED) is 0.395. The number of rotatable bonds is 11. The van der Waals surface area contributed by atoms with E-state index >= 15 is 0 Å². The van der Waals surface area contributed by atoms with Gasteiger partial charge in [-0.25, -0.2) is 0 Å². The highest BCUT2D eigenvalue weighted by Gasteiger charge is 2.11. The summed E-state index contributed by atoms with van der Waals surface area (Å²) in [7, 11) is 0. The molecule has 0 aliphatic heterocycles. The molecule has 8 nitrogen and oxygen atoms in total. The Hall–Kier alpha value is -2.78. The van der Waals surface area contributed by atoms with Crippen molar-refractivity contribution in [1.82, 2.24) is 0 Å². The van der Waals surface area contributed by atoms with Gasteiger partial charge in [0.2, 0.25) is 0 Å². The highest BCUT2D eigenvalue weighted by Crippen LogP contribution is 2.02. The van der Waals surface area contributed by atoms with Gasteiger partial charge in [-0.1, -0.05) is 74.5 Å². The summed E-state index contributed by atoms with van der Waals surface area (Å²) < 4.78 is 10.4. The number of ether oxygens (including phenoxy) is 2. The summed E-state index contributed by atoms with van der Waals surface area (Å²) in [6.45, 7) is 5.28. The third kappa shape index (κ3) is 14.8. The van der Waals surface area contributed by atoms with Crippen LogP contribution < -0.4 is 11.5 Å². The molecule has 6 N–H and O–H groups in total. The van der Waals surface area contributed by atoms with Gasteiger partial charge in [-0.05, 0) is 17.5 Å². The normalized spacial score (nSPS) is 11.7. The van der Waals surface area contributed by atoms with Crippen LogP contribution in [0, 0.1) is 0 Å². The molecule has 0 fully saturated rings. The zero-order valence-corrected chi connectivity index (χ0v) is 18.1. The summed E-state index contributed by atoms with van der Waals surface area (Å²) in [5.41, 5.74) is 12.6. The van der Waals surface area contributed by atoms with Crippen LogP contribution >= 0.6 is 0 Å². The molecule has 8 heteroatoms. The van der Waals surface area contributed by atoms with Gasteiger partial charge in [-0.15, -0.1) is 0 Å². The molecule has 0 radical (unpaired) electrons. The lowest BCUT2D eigenvalue weighted by atomic mass is 10.2. The van der Waals surface area contributed by atoms with Gasteiger partial charge in [-0.2, -0.15) is 0 Å². The summed E-state index contributed by atoms with van der Waals surface area (Å²) in [4.78, 5) is 20.7. The van der Waals surface area contributed by atoms with Crippen molar-refractivity contribution in [1.29, 1.82) is 0 Å². The highest BCUT2D eigenvalue weighted by atomic mass is 16.5. The summed E-state index contributed by atoms with van der Waals surface area (Å²) in [5, 5.41) is 17.0. The first-order valence-corrected chi connectivity index (χ1v) is 10.1. The minimum atomic E-state index is -1.04. The van der Waals surface area contributed by atoms with E-state index in [1.807, 2.05) is 74.5 Å². The van der Waals surface area contributed by atoms with Gasteiger partial charge in [-0.3, -0.25) is 9.59 Å². The first-order chi connectivity index (χ1) is 14.9. The van der Waals surface area contributed by atoms with E-state index < -0.39 is 24.0 Å². The fourth-order valence-electron chi connectivity index (χ4n) is 2.05. The minimum Gasteiger partial charge on any atom is -0.480 e. The fraction of sp³-hybridized carbons (Fsp3) is 0.391. The van der Waals surface area contributed by atoms with Crippen molar-refractivity contribution in [3.8, 4) is 0 Å². The van der Waals surface area contributed by atoms with E-state index in [0.29, 0.717) is 26.2 Å². The molecule has 2 aromatic rings. The van der Waals surface area contributed by atoms with Gasteiger partial charge in [0.1, 0.15) is 12.1 Å². The van der Waals surface area contributed by atoms with E-state index in [2.05, 4.69) is 0 Å². The molecular formula is C23H34N2O6. The van der Waals surface area contributed by atoms with Crippen molar-refractivity contribution in [2.24, 2.45) is 11.5 Å². The molecule has 0 aliphatic rings. The second kappa shape index (κ2) is 18.0. The van der Waals surface area contributed by atoms with E-state index in [-0.39, 0.29) is 6.61 Å². The zero-order chi connectivity index (χ0) is 23.5. The van der Waals surface area contributed by atoms with Gasteiger partial charge in [0.05, 0.1) is 19.8 Å². The van der Waals surface area contributed by atoms with Crippen LogP contribution in [0.1, 0.15) is 31.4 Å². The summed E-state index contributed by atoms with van der Waals surface area (Å²) in [6, 6.07) is 17.5. The van der Waals surface area contributed by atoms with Crippen LogP contribution in [0.5, 0.6) is 0 Å². The van der Waals surface area contributed by atoms with Crippen LogP contribution in [-0.2, 0) is 32.3 Å². The maximum absolute atomic E-state index is 10.4. The van der Waals surface area contributed by atoms with Crippen molar-refractivity contribution >= 4 is 11.9 Å². The summed E-state index contributed by atoms with van der Waals surface area (Å²) in [5.74, 6) is -2.03. The molecule has 31 heavy (non-hydrogen) atoms. The van der Waals surface area contributed by atoms with Gasteiger partial charge >= 0.3 is 11.9 Å². The predicted molar refractivity (Wildman–Crippen MR) is 119 cm³/mol. The third-order valence-corrected chi connectivity index (χ3v) is 3.73. The monoisotopic (exact) mass is 434 g/mol. The molecule has 0 aliphatic carbocycles. The number of nitrogens with two attached hydrogens (primary N) is 2. The van der Waals surface area contributed by atoms with Crippen LogP contribution in [0.15, 0.2) is 60.7 Å². The maximum atomic E-state index is 10.4. The molecule has 2 aromatic carbocycles. The molecule has 0 spiro atoms. The van der Waals surface area contributed by atoms with Crippen molar-refractivity contribution in [3.05, 3.63) is 71.8 Å². The highest BCUT2D eigenvalue weighted by molar-refractivity contribution is 5.73. The Morgan fingerprint density at radius 2 is 1.19 bits per heavy atom. The van der Waals surface area contributed by atoms with E-state index in [1.165, 1.54) is 0 Å². The van der Waals surface area contributed by atoms with E-state index in [4.69, 9.17) is 31.2 Å². The van der Waals surface area contributed by atoms with Crippen molar-refractivity contribution in [2.45, 2.75) is 45.6 Å². The third-order valence-electron chi connectivity index (χ3n) is 3.73. The number of aliphatic carboxylic acids is 2. The lowest BCUT2D eigenvalue weighted by Crippen LogP contribution is -2.34. The van der Waals surface area contributed by atoms with E-state index in [9.17, 15) is 9.59 Å². The Bertz CT molecular complexity index is 713. The average molecular weight is 435 g/mol. The Labute approximate surface area is 183 Å². The topological polar surface area (TPSA) is 145 Å². The van der Waals surface area contributed by atoms with Crippen LogP contribution in [0.25, 0.3) is 0 Å². The number of hydrogen-bond donors (Lipinski definition) is 4. The molecular weight excluding hydrogens is 400 g/mol. The first kappa shape index (κ1) is 28.2. The minimum absolute atomic E-state index is 0.0320. The lowest BCUT2D eigenvalue weighted by Gasteiger charge is -2.07. The van der Waals surface area contributed by atoms with E-state index in [0.717, 1.165) is 11.1 Å². The second-order valence-electron chi connectivity index (χ2n) is 6.22. The number of carboxylic acids is 2. The van der Waals surface area contributed by atoms with Crippen LogP contribution in [0.3, 0.4) is 0 Å². The largest absolute Gasteiger partial charge is 0.480 e. The Morgan fingerprint density at radius 1 is 0.774 bits per heavy atom. The van der Waals surface area contributed by atoms with Gasteiger partial charge < -0.3 is 31.2 Å². The number of carboxylic acid groups (broad SMARTS) is 2. The molecule has 2 unspecified atom stereocenters. The molecule has 0 aromatic heterocycles. The van der Waals surface area contributed by atoms with Gasteiger partial charge in [0.15, 0.2) is 0 Å². The lowest BCUT2D eigenvalue weighted by molar-refractivity contribution is -0.140. The van der Waals surface area contributed by atoms with Crippen molar-refractivity contribution < 1.29 is 29.3 Å². The maximum Gasteiger partial charge on any atom is 0.322 e. The number of benzene rings is 2. The van der Waals surface area contributed by atoms with Crippen LogP contribution in [-0.4, -0.2) is 47.4 Å². The number of carbonyl (C=O) groups is 2. The summed E-state index contributed by atoms with van der Waals surface area (Å²) >= 11 is 0. The van der Waals surface area contributed by atoms with Crippen molar-refractivity contribution in [2.75, 3.05) is 13.2 Å². The van der Waals surface area contributed by atoms with Crippen LogP contribution in [0.2, 0.25) is 0 Å². The SMILES string of the molecule is CC.NC(CCOCc1ccccc1)C(=O)O.NC(COCc1ccccc1)C(=O)O. The zero-order valence-electron chi connectivity index (χ0n) is 18.1. The molecule has 2 atom stereocenters. The van der Waals surface area contributed by atoms with Gasteiger partial charge in [0.25, 0.3) is 0 Å². The average Bonchev–Trinajstić information content (AvgIpc) is 2.79. The molecule has 2 rings (SSSR count). The molecule has 0 heterocycles. The molecule has 0 bridgehead atoms. The Morgan fingerprint density at radius 3 is 1.61 bits per heavy atom. The molecule has 0 saturated heterocycles. The summed E-state index contributed by atoms with van der Waals surface area (Å²) in [6.07, 6.45) is 0.335. The standard InChI is InChI=1S/C11H15NO3.C10H13NO3.C2H6/c12-10(11(13)14)6-7-15-8-9-4-2-1-3-5-9;11-9(10(12)13)7-14-6-8-4-2-1-3-5-8;1-2/h1-5,10H,6-8,12H2,(H,13,14);1-5,9H,6-7,11H2,(H,12,13);1-2H3. The fourth-order valence-corrected chi connectivity index (χ4v) is 2.05. The molecule has 0 saturated carbocycles. The number of hydrogen-bond acceptors (Lipinski definition) is 6. The second-order valence-corrected chi connectivity index (χ2v) is 6.22. The van der Waals surface area contributed by atoms with Crippen LogP contribution in [0.4, 0.5) is 0 Å². The first-order valence-electron chi connectivity index (χ1n) is 10.1. The molecule has 172 valence electrons. The van der Waals surface area contributed by atoms with Gasteiger partial charge in [0, 0.05) is 6.61 Å². The predicted octanol–water partition coefficient (Wildman–Crippen LogP) is 2.65. The smallest absolute Gasteiger partial charge is 0.322 e.